The Labute approximate surface area is 183 Å². The van der Waals surface area contributed by atoms with E-state index in [0.717, 1.165) is 33.8 Å². The maximum Gasteiger partial charge on any atom is 0.255 e. The highest BCUT2D eigenvalue weighted by molar-refractivity contribution is 9.10. The fraction of sp³-hybridized carbons (Fsp3) is 0.174. The summed E-state index contributed by atoms with van der Waals surface area (Å²) in [5.74, 6) is 3.20. The van der Waals surface area contributed by atoms with Crippen LogP contribution in [0.25, 0.3) is 0 Å². The second-order valence-corrected chi connectivity index (χ2v) is 8.60. The van der Waals surface area contributed by atoms with E-state index in [0.29, 0.717) is 11.3 Å². The number of para-hydroxylation sites is 1. The van der Waals surface area contributed by atoms with Gasteiger partial charge in [0.05, 0.1) is 11.6 Å². The molecule has 4 nitrogen and oxygen atoms in total. The summed E-state index contributed by atoms with van der Waals surface area (Å²) >= 11 is 5.31. The van der Waals surface area contributed by atoms with E-state index < -0.39 is 0 Å². The standard InChI is InChI=1S/C23H20BrNO3S/c1-27-21-12-9-17(15-20(21)24)23-25(13-14-29-23)22(26)16-7-10-19(11-8-16)28-18-5-3-2-4-6-18/h2-12,15,23H,13-14H2,1H3. The third kappa shape index (κ3) is 4.43. The number of rotatable bonds is 5. The first-order chi connectivity index (χ1) is 14.2. The van der Waals surface area contributed by atoms with Gasteiger partial charge in [-0.05, 0) is 70.0 Å². The summed E-state index contributed by atoms with van der Waals surface area (Å²) in [6.07, 6.45) is 0. The van der Waals surface area contributed by atoms with Gasteiger partial charge in [0.2, 0.25) is 0 Å². The Morgan fingerprint density at radius 1 is 1.03 bits per heavy atom. The number of hydrogen-bond acceptors (Lipinski definition) is 4. The average Bonchev–Trinajstić information content (AvgIpc) is 3.24. The van der Waals surface area contributed by atoms with Crippen LogP contribution in [0.3, 0.4) is 0 Å². The van der Waals surface area contributed by atoms with E-state index in [1.165, 1.54) is 0 Å². The molecular weight excluding hydrogens is 450 g/mol. The van der Waals surface area contributed by atoms with Crippen molar-refractivity contribution >= 4 is 33.6 Å². The zero-order valence-electron chi connectivity index (χ0n) is 15.9. The highest BCUT2D eigenvalue weighted by Crippen LogP contribution is 2.41. The Bertz CT molecular complexity index is 995. The van der Waals surface area contributed by atoms with Crippen molar-refractivity contribution in [2.75, 3.05) is 19.4 Å². The number of benzene rings is 3. The first-order valence-electron chi connectivity index (χ1n) is 9.24. The van der Waals surface area contributed by atoms with Gasteiger partial charge in [-0.25, -0.2) is 0 Å². The fourth-order valence-electron chi connectivity index (χ4n) is 3.25. The Morgan fingerprint density at radius 3 is 2.45 bits per heavy atom. The number of amides is 1. The largest absolute Gasteiger partial charge is 0.496 e. The molecule has 0 bridgehead atoms. The lowest BCUT2D eigenvalue weighted by Gasteiger charge is -2.24. The molecule has 1 atom stereocenters. The first-order valence-corrected chi connectivity index (χ1v) is 11.1. The van der Waals surface area contributed by atoms with Crippen LogP contribution < -0.4 is 9.47 Å². The summed E-state index contributed by atoms with van der Waals surface area (Å²) in [5, 5.41) is -0.00930. The maximum atomic E-state index is 13.1. The molecule has 0 spiro atoms. The normalized spacial score (nSPS) is 15.9. The third-order valence-electron chi connectivity index (χ3n) is 4.69. The van der Waals surface area contributed by atoms with Gasteiger partial charge in [-0.15, -0.1) is 11.8 Å². The van der Waals surface area contributed by atoms with Crippen LogP contribution in [-0.4, -0.2) is 30.2 Å². The van der Waals surface area contributed by atoms with E-state index in [4.69, 9.17) is 9.47 Å². The van der Waals surface area contributed by atoms with Gasteiger partial charge in [-0.3, -0.25) is 4.79 Å². The molecule has 1 aliphatic rings. The highest BCUT2D eigenvalue weighted by Gasteiger charge is 2.31. The maximum absolute atomic E-state index is 13.1. The highest BCUT2D eigenvalue weighted by atomic mass is 79.9. The molecule has 0 aromatic heterocycles. The van der Waals surface area contributed by atoms with Crippen molar-refractivity contribution in [3.63, 3.8) is 0 Å². The number of hydrogen-bond donors (Lipinski definition) is 0. The minimum Gasteiger partial charge on any atom is -0.496 e. The molecular formula is C23H20BrNO3S. The molecule has 0 N–H and O–H groups in total. The van der Waals surface area contributed by atoms with Crippen LogP contribution in [0, 0.1) is 0 Å². The smallest absolute Gasteiger partial charge is 0.255 e. The third-order valence-corrected chi connectivity index (χ3v) is 6.57. The average molecular weight is 470 g/mol. The number of carbonyl (C=O) groups is 1. The van der Waals surface area contributed by atoms with E-state index in [9.17, 15) is 4.79 Å². The minimum absolute atomic E-state index is 0.00930. The molecule has 3 aromatic rings. The molecule has 0 saturated carbocycles. The molecule has 1 aliphatic heterocycles. The van der Waals surface area contributed by atoms with Gasteiger partial charge in [0.15, 0.2) is 0 Å². The van der Waals surface area contributed by atoms with Crippen molar-refractivity contribution in [2.45, 2.75) is 5.37 Å². The van der Waals surface area contributed by atoms with Crippen LogP contribution in [0.2, 0.25) is 0 Å². The molecule has 29 heavy (non-hydrogen) atoms. The van der Waals surface area contributed by atoms with E-state index in [2.05, 4.69) is 15.9 Å². The minimum atomic E-state index is -0.00930. The van der Waals surface area contributed by atoms with Crippen molar-refractivity contribution in [1.82, 2.24) is 4.90 Å². The van der Waals surface area contributed by atoms with Gasteiger partial charge >= 0.3 is 0 Å². The summed E-state index contributed by atoms with van der Waals surface area (Å²) in [6.45, 7) is 0.722. The van der Waals surface area contributed by atoms with Crippen LogP contribution in [0.4, 0.5) is 0 Å². The Hall–Kier alpha value is -2.44. The van der Waals surface area contributed by atoms with E-state index in [1.54, 1.807) is 18.9 Å². The second kappa shape index (κ2) is 8.93. The van der Waals surface area contributed by atoms with Crippen molar-refractivity contribution in [2.24, 2.45) is 0 Å². The molecule has 1 saturated heterocycles. The molecule has 6 heteroatoms. The molecule has 0 radical (unpaired) electrons. The molecule has 0 aliphatic carbocycles. The summed E-state index contributed by atoms with van der Waals surface area (Å²) in [7, 11) is 1.64. The van der Waals surface area contributed by atoms with Gasteiger partial charge in [0.25, 0.3) is 5.91 Å². The van der Waals surface area contributed by atoms with Crippen molar-refractivity contribution in [1.29, 1.82) is 0 Å². The predicted octanol–water partition coefficient (Wildman–Crippen LogP) is 6.14. The van der Waals surface area contributed by atoms with Crippen molar-refractivity contribution in [3.05, 3.63) is 88.4 Å². The van der Waals surface area contributed by atoms with Gasteiger partial charge in [-0.2, -0.15) is 0 Å². The number of halogens is 1. The van der Waals surface area contributed by atoms with E-state index in [-0.39, 0.29) is 11.3 Å². The molecule has 3 aromatic carbocycles. The Morgan fingerprint density at radius 2 is 1.76 bits per heavy atom. The quantitative estimate of drug-likeness (QED) is 0.449. The number of carbonyl (C=O) groups excluding carboxylic acids is 1. The monoisotopic (exact) mass is 469 g/mol. The molecule has 1 unspecified atom stereocenters. The second-order valence-electron chi connectivity index (χ2n) is 6.56. The van der Waals surface area contributed by atoms with Crippen molar-refractivity contribution < 1.29 is 14.3 Å². The fourth-order valence-corrected chi connectivity index (χ4v) is 5.05. The molecule has 1 heterocycles. The summed E-state index contributed by atoms with van der Waals surface area (Å²) < 4.78 is 12.0. The summed E-state index contributed by atoms with van der Waals surface area (Å²) in [6, 6.07) is 22.9. The molecule has 1 fully saturated rings. The number of methoxy groups -OCH3 is 1. The molecule has 148 valence electrons. The van der Waals surface area contributed by atoms with Crippen molar-refractivity contribution in [3.8, 4) is 17.2 Å². The zero-order chi connectivity index (χ0) is 20.2. The summed E-state index contributed by atoms with van der Waals surface area (Å²) in [5.41, 5.74) is 1.74. The van der Waals surface area contributed by atoms with Gasteiger partial charge < -0.3 is 14.4 Å². The van der Waals surface area contributed by atoms with Gasteiger partial charge in [-0.1, -0.05) is 24.3 Å². The number of nitrogens with zero attached hydrogens (tertiary/aromatic N) is 1. The lowest BCUT2D eigenvalue weighted by Crippen LogP contribution is -2.30. The lowest BCUT2D eigenvalue weighted by molar-refractivity contribution is 0.0760. The SMILES string of the molecule is COc1ccc(C2SCCN2C(=O)c2ccc(Oc3ccccc3)cc2)cc1Br. The lowest BCUT2D eigenvalue weighted by atomic mass is 10.1. The van der Waals surface area contributed by atoms with E-state index >= 15 is 0 Å². The van der Waals surface area contributed by atoms with E-state index in [1.807, 2.05) is 77.7 Å². The van der Waals surface area contributed by atoms with Gasteiger partial charge in [0, 0.05) is 17.9 Å². The van der Waals surface area contributed by atoms with Crippen LogP contribution in [0.15, 0.2) is 77.3 Å². The number of ether oxygens (including phenoxy) is 2. The number of thioether (sulfide) groups is 1. The predicted molar refractivity (Wildman–Crippen MR) is 120 cm³/mol. The molecule has 1 amide bonds. The van der Waals surface area contributed by atoms with Gasteiger partial charge in [0.1, 0.15) is 22.6 Å². The zero-order valence-corrected chi connectivity index (χ0v) is 18.3. The van der Waals surface area contributed by atoms with Crippen LogP contribution >= 0.6 is 27.7 Å². The Kier molecular flexibility index (Phi) is 6.11. The molecule has 4 rings (SSSR count). The Balaban J connectivity index is 1.50. The summed E-state index contributed by atoms with van der Waals surface area (Å²) in [4.78, 5) is 15.1. The topological polar surface area (TPSA) is 38.8 Å². The van der Waals surface area contributed by atoms with Crippen LogP contribution in [0.1, 0.15) is 21.3 Å². The van der Waals surface area contributed by atoms with Crippen LogP contribution in [-0.2, 0) is 0 Å². The van der Waals surface area contributed by atoms with Crippen LogP contribution in [0.5, 0.6) is 17.2 Å². The first kappa shape index (κ1) is 19.9.